The molecule has 0 saturated carbocycles. The van der Waals surface area contributed by atoms with Crippen molar-refractivity contribution in [1.82, 2.24) is 0 Å². The maximum absolute atomic E-state index is 6.12. The summed E-state index contributed by atoms with van der Waals surface area (Å²) >= 11 is 6.12. The van der Waals surface area contributed by atoms with Gasteiger partial charge in [-0.25, -0.2) is 0 Å². The predicted octanol–water partition coefficient (Wildman–Crippen LogP) is 4.11. The number of anilines is 2. The van der Waals surface area contributed by atoms with Crippen molar-refractivity contribution in [1.29, 1.82) is 0 Å². The second-order valence-corrected chi connectivity index (χ2v) is 5.26. The molecule has 0 aliphatic carbocycles. The molecule has 0 heterocycles. The quantitative estimate of drug-likeness (QED) is 0.597. The van der Waals surface area contributed by atoms with Gasteiger partial charge in [0, 0.05) is 11.6 Å². The molecule has 0 amide bonds. The lowest BCUT2D eigenvalue weighted by Crippen LogP contribution is -2.11. The van der Waals surface area contributed by atoms with Crippen LogP contribution in [0.1, 0.15) is 18.1 Å². The van der Waals surface area contributed by atoms with E-state index in [0.29, 0.717) is 25.4 Å². The van der Waals surface area contributed by atoms with Crippen molar-refractivity contribution in [2.24, 2.45) is 0 Å². The topological polar surface area (TPSA) is 47.3 Å². The van der Waals surface area contributed by atoms with E-state index < -0.39 is 0 Å². The molecule has 0 fully saturated rings. The number of nitrogens with one attached hydrogen (secondary N) is 1. The summed E-state index contributed by atoms with van der Waals surface area (Å²) in [6.45, 7) is 4.03. The van der Waals surface area contributed by atoms with Gasteiger partial charge in [0.25, 0.3) is 0 Å². The number of hydrogen-bond acceptors (Lipinski definition) is 3. The van der Waals surface area contributed by atoms with Crippen LogP contribution in [-0.2, 0) is 17.8 Å². The van der Waals surface area contributed by atoms with Gasteiger partial charge < -0.3 is 15.8 Å². The van der Waals surface area contributed by atoms with E-state index in [0.717, 1.165) is 22.7 Å². The van der Waals surface area contributed by atoms with Crippen molar-refractivity contribution in [2.45, 2.75) is 20.0 Å². The number of aryl methyl sites for hydroxylation is 1. The Hall–Kier alpha value is -1.71. The van der Waals surface area contributed by atoms with Crippen molar-refractivity contribution in [2.75, 3.05) is 24.2 Å². The third-order valence-electron chi connectivity index (χ3n) is 3.27. The lowest BCUT2D eigenvalue weighted by molar-refractivity contribution is 0.130. The van der Waals surface area contributed by atoms with Crippen LogP contribution in [0.2, 0.25) is 5.02 Å². The molecule has 0 atom stereocenters. The van der Waals surface area contributed by atoms with Crippen LogP contribution >= 0.6 is 11.6 Å². The second-order valence-electron chi connectivity index (χ2n) is 4.85. The Kier molecular flexibility index (Phi) is 5.90. The maximum Gasteiger partial charge on any atom is 0.0717 e. The monoisotopic (exact) mass is 304 g/mol. The first kappa shape index (κ1) is 15.7. The summed E-state index contributed by atoms with van der Waals surface area (Å²) in [5.74, 6) is 0. The minimum atomic E-state index is 0.623. The molecule has 0 bridgehead atoms. The summed E-state index contributed by atoms with van der Waals surface area (Å²) < 4.78 is 5.63. The largest absolute Gasteiger partial charge is 0.397 e. The second kappa shape index (κ2) is 7.91. The van der Waals surface area contributed by atoms with Crippen LogP contribution in [0.15, 0.2) is 42.5 Å². The highest BCUT2D eigenvalue weighted by Crippen LogP contribution is 2.27. The molecule has 21 heavy (non-hydrogen) atoms. The fourth-order valence-corrected chi connectivity index (χ4v) is 2.39. The Labute approximate surface area is 131 Å². The Morgan fingerprint density at radius 3 is 2.67 bits per heavy atom. The Balaban J connectivity index is 1.78. The van der Waals surface area contributed by atoms with E-state index in [-0.39, 0.29) is 0 Å². The highest BCUT2D eigenvalue weighted by Gasteiger charge is 2.05. The number of benzene rings is 2. The number of halogens is 1. The average molecular weight is 305 g/mol. The van der Waals surface area contributed by atoms with Crippen LogP contribution in [-0.4, -0.2) is 13.2 Å². The molecule has 4 heteroatoms. The molecule has 2 rings (SSSR count). The minimum absolute atomic E-state index is 0.623. The van der Waals surface area contributed by atoms with E-state index in [1.807, 2.05) is 24.3 Å². The Morgan fingerprint density at radius 1 is 1.19 bits per heavy atom. The first-order valence-electron chi connectivity index (χ1n) is 7.14. The SMILES string of the molecule is CCc1cc(NCCOCc2ccccc2)c(N)cc1Cl. The molecule has 0 spiro atoms. The van der Waals surface area contributed by atoms with Gasteiger partial charge >= 0.3 is 0 Å². The summed E-state index contributed by atoms with van der Waals surface area (Å²) in [5.41, 5.74) is 9.82. The highest BCUT2D eigenvalue weighted by atomic mass is 35.5. The standard InChI is InChI=1S/C17H21ClN2O/c1-2-14-10-17(16(19)11-15(14)18)20-8-9-21-12-13-6-4-3-5-7-13/h3-7,10-11,20H,2,8-9,12,19H2,1H3. The van der Waals surface area contributed by atoms with Crippen LogP contribution in [0.5, 0.6) is 0 Å². The normalized spacial score (nSPS) is 10.6. The van der Waals surface area contributed by atoms with Crippen molar-refractivity contribution in [3.8, 4) is 0 Å². The van der Waals surface area contributed by atoms with Gasteiger partial charge in [-0.15, -0.1) is 0 Å². The number of nitrogen functional groups attached to an aromatic ring is 1. The summed E-state index contributed by atoms with van der Waals surface area (Å²) in [6, 6.07) is 13.9. The van der Waals surface area contributed by atoms with Crippen molar-refractivity contribution in [3.05, 3.63) is 58.6 Å². The molecule has 2 aromatic rings. The lowest BCUT2D eigenvalue weighted by atomic mass is 10.1. The molecule has 112 valence electrons. The molecule has 3 nitrogen and oxygen atoms in total. The first-order chi connectivity index (χ1) is 10.2. The Morgan fingerprint density at radius 2 is 1.95 bits per heavy atom. The van der Waals surface area contributed by atoms with Gasteiger partial charge in [-0.05, 0) is 29.7 Å². The van der Waals surface area contributed by atoms with Crippen molar-refractivity contribution in [3.63, 3.8) is 0 Å². The van der Waals surface area contributed by atoms with Gasteiger partial charge in [-0.2, -0.15) is 0 Å². The third-order valence-corrected chi connectivity index (χ3v) is 3.62. The Bertz CT molecular complexity index is 573. The molecule has 2 aromatic carbocycles. The third kappa shape index (κ3) is 4.66. The summed E-state index contributed by atoms with van der Waals surface area (Å²) in [5, 5.41) is 4.02. The summed E-state index contributed by atoms with van der Waals surface area (Å²) in [6.07, 6.45) is 0.887. The van der Waals surface area contributed by atoms with Gasteiger partial charge in [-0.3, -0.25) is 0 Å². The number of hydrogen-bond donors (Lipinski definition) is 2. The van der Waals surface area contributed by atoms with E-state index >= 15 is 0 Å². The fourth-order valence-electron chi connectivity index (χ4n) is 2.08. The summed E-state index contributed by atoms with van der Waals surface area (Å²) in [7, 11) is 0. The van der Waals surface area contributed by atoms with Gasteiger partial charge in [-0.1, -0.05) is 48.9 Å². The van der Waals surface area contributed by atoms with E-state index in [1.165, 1.54) is 5.56 Å². The molecule has 0 saturated heterocycles. The minimum Gasteiger partial charge on any atom is -0.397 e. The smallest absolute Gasteiger partial charge is 0.0717 e. The maximum atomic E-state index is 6.12. The lowest BCUT2D eigenvalue weighted by Gasteiger charge is -2.12. The number of rotatable bonds is 7. The molecule has 0 aromatic heterocycles. The molecule has 0 unspecified atom stereocenters. The molecule has 0 aliphatic heterocycles. The predicted molar refractivity (Wildman–Crippen MR) is 89.8 cm³/mol. The van der Waals surface area contributed by atoms with Gasteiger partial charge in [0.05, 0.1) is 24.6 Å². The number of ether oxygens (including phenoxy) is 1. The van der Waals surface area contributed by atoms with E-state index in [9.17, 15) is 0 Å². The van der Waals surface area contributed by atoms with E-state index in [2.05, 4.69) is 24.4 Å². The highest BCUT2D eigenvalue weighted by molar-refractivity contribution is 6.31. The zero-order valence-corrected chi connectivity index (χ0v) is 13.0. The van der Waals surface area contributed by atoms with Crippen LogP contribution in [0, 0.1) is 0 Å². The van der Waals surface area contributed by atoms with Gasteiger partial charge in [0.1, 0.15) is 0 Å². The molecule has 0 aliphatic rings. The first-order valence-corrected chi connectivity index (χ1v) is 7.52. The zero-order chi connectivity index (χ0) is 15.1. The van der Waals surface area contributed by atoms with Crippen LogP contribution in [0.3, 0.4) is 0 Å². The van der Waals surface area contributed by atoms with Gasteiger partial charge in [0.2, 0.25) is 0 Å². The van der Waals surface area contributed by atoms with Crippen LogP contribution in [0.4, 0.5) is 11.4 Å². The molecule has 0 radical (unpaired) electrons. The van der Waals surface area contributed by atoms with E-state index in [4.69, 9.17) is 22.1 Å². The molecule has 3 N–H and O–H groups in total. The van der Waals surface area contributed by atoms with Crippen LogP contribution in [0.25, 0.3) is 0 Å². The van der Waals surface area contributed by atoms with E-state index in [1.54, 1.807) is 6.07 Å². The van der Waals surface area contributed by atoms with Crippen LogP contribution < -0.4 is 11.1 Å². The zero-order valence-electron chi connectivity index (χ0n) is 12.2. The average Bonchev–Trinajstić information content (AvgIpc) is 2.50. The number of nitrogens with two attached hydrogens (primary N) is 1. The summed E-state index contributed by atoms with van der Waals surface area (Å²) in [4.78, 5) is 0. The van der Waals surface area contributed by atoms with Crippen molar-refractivity contribution >= 4 is 23.0 Å². The molecular formula is C17H21ClN2O. The fraction of sp³-hybridized carbons (Fsp3) is 0.294. The van der Waals surface area contributed by atoms with Crippen molar-refractivity contribution < 1.29 is 4.74 Å². The molecular weight excluding hydrogens is 284 g/mol. The van der Waals surface area contributed by atoms with Gasteiger partial charge in [0.15, 0.2) is 0 Å².